The molecular formula is C14H22N2O. The van der Waals surface area contributed by atoms with Crippen LogP contribution in [0.1, 0.15) is 38.7 Å². The maximum Gasteiger partial charge on any atom is 0.104 e. The van der Waals surface area contributed by atoms with Crippen LogP contribution in [0.15, 0.2) is 24.5 Å². The third-order valence-electron chi connectivity index (χ3n) is 4.01. The van der Waals surface area contributed by atoms with E-state index < -0.39 is 5.60 Å². The standard InChI is InChI=1S/C14H22N2O/c1-3-11-6-8-16-13(9-11)14(2,17)12-5-4-7-15-10-12/h4-5,7,10-11,13,16-17H,3,6,8-9H2,1-2H3. The number of piperidine rings is 1. The first-order chi connectivity index (χ1) is 8.14. The predicted octanol–water partition coefficient (Wildman–Crippen LogP) is 2.07. The summed E-state index contributed by atoms with van der Waals surface area (Å²) in [5.41, 5.74) is 0.0662. The Kier molecular flexibility index (Phi) is 3.79. The summed E-state index contributed by atoms with van der Waals surface area (Å²) in [5, 5.41) is 14.2. The predicted molar refractivity (Wildman–Crippen MR) is 68.6 cm³/mol. The average molecular weight is 234 g/mol. The summed E-state index contributed by atoms with van der Waals surface area (Å²) in [7, 11) is 0. The largest absolute Gasteiger partial charge is 0.384 e. The molecule has 0 aliphatic carbocycles. The van der Waals surface area contributed by atoms with Crippen molar-refractivity contribution in [2.45, 2.75) is 44.8 Å². The van der Waals surface area contributed by atoms with Gasteiger partial charge < -0.3 is 10.4 Å². The van der Waals surface area contributed by atoms with Crippen molar-refractivity contribution in [3.05, 3.63) is 30.1 Å². The maximum atomic E-state index is 10.7. The van der Waals surface area contributed by atoms with Crippen molar-refractivity contribution >= 4 is 0 Å². The van der Waals surface area contributed by atoms with Crippen molar-refractivity contribution in [3.63, 3.8) is 0 Å². The summed E-state index contributed by atoms with van der Waals surface area (Å²) in [6.45, 7) is 5.12. The highest BCUT2D eigenvalue weighted by Crippen LogP contribution is 2.31. The van der Waals surface area contributed by atoms with Gasteiger partial charge in [-0.05, 0) is 38.3 Å². The van der Waals surface area contributed by atoms with E-state index in [1.54, 1.807) is 12.4 Å². The minimum absolute atomic E-state index is 0.130. The fraction of sp³-hybridized carbons (Fsp3) is 0.643. The Morgan fingerprint density at radius 1 is 1.59 bits per heavy atom. The van der Waals surface area contributed by atoms with Crippen LogP contribution < -0.4 is 5.32 Å². The quantitative estimate of drug-likeness (QED) is 0.841. The smallest absolute Gasteiger partial charge is 0.104 e. The van der Waals surface area contributed by atoms with Gasteiger partial charge in [-0.15, -0.1) is 0 Å². The zero-order valence-electron chi connectivity index (χ0n) is 10.7. The molecule has 17 heavy (non-hydrogen) atoms. The Balaban J connectivity index is 2.15. The van der Waals surface area contributed by atoms with Gasteiger partial charge in [0.2, 0.25) is 0 Å². The molecule has 1 aliphatic rings. The average Bonchev–Trinajstić information content (AvgIpc) is 2.40. The number of aromatic nitrogens is 1. The van der Waals surface area contributed by atoms with Gasteiger partial charge in [-0.3, -0.25) is 4.98 Å². The molecule has 2 N–H and O–H groups in total. The van der Waals surface area contributed by atoms with E-state index in [1.165, 1.54) is 12.8 Å². The minimum Gasteiger partial charge on any atom is -0.384 e. The van der Waals surface area contributed by atoms with E-state index in [2.05, 4.69) is 17.2 Å². The van der Waals surface area contributed by atoms with Crippen LogP contribution in [0, 0.1) is 5.92 Å². The van der Waals surface area contributed by atoms with Crippen LogP contribution in [0.3, 0.4) is 0 Å². The number of hydrogen-bond donors (Lipinski definition) is 2. The molecule has 1 saturated heterocycles. The molecule has 1 aromatic rings. The van der Waals surface area contributed by atoms with Crippen molar-refractivity contribution in [1.82, 2.24) is 10.3 Å². The maximum absolute atomic E-state index is 10.7. The molecule has 3 atom stereocenters. The number of nitrogens with one attached hydrogen (secondary N) is 1. The second-order valence-electron chi connectivity index (χ2n) is 5.19. The van der Waals surface area contributed by atoms with E-state index in [-0.39, 0.29) is 6.04 Å². The molecule has 94 valence electrons. The zero-order chi connectivity index (χ0) is 12.3. The summed E-state index contributed by atoms with van der Waals surface area (Å²) in [4.78, 5) is 4.10. The molecule has 2 rings (SSSR count). The molecule has 3 heteroatoms. The second kappa shape index (κ2) is 5.15. The van der Waals surface area contributed by atoms with E-state index in [0.717, 1.165) is 24.4 Å². The van der Waals surface area contributed by atoms with Crippen molar-refractivity contribution in [3.8, 4) is 0 Å². The summed E-state index contributed by atoms with van der Waals surface area (Å²) in [6.07, 6.45) is 6.95. The highest BCUT2D eigenvalue weighted by Gasteiger charge is 2.36. The highest BCUT2D eigenvalue weighted by atomic mass is 16.3. The molecular weight excluding hydrogens is 212 g/mol. The Labute approximate surface area is 103 Å². The van der Waals surface area contributed by atoms with Crippen molar-refractivity contribution in [2.24, 2.45) is 5.92 Å². The third-order valence-corrected chi connectivity index (χ3v) is 4.01. The minimum atomic E-state index is -0.831. The highest BCUT2D eigenvalue weighted by molar-refractivity contribution is 5.20. The number of nitrogens with zero attached hydrogens (tertiary/aromatic N) is 1. The lowest BCUT2D eigenvalue weighted by molar-refractivity contribution is -0.00336. The fourth-order valence-corrected chi connectivity index (χ4v) is 2.66. The van der Waals surface area contributed by atoms with Crippen molar-refractivity contribution in [2.75, 3.05) is 6.54 Å². The van der Waals surface area contributed by atoms with E-state index >= 15 is 0 Å². The topological polar surface area (TPSA) is 45.1 Å². The van der Waals surface area contributed by atoms with Gasteiger partial charge in [-0.1, -0.05) is 19.4 Å². The second-order valence-corrected chi connectivity index (χ2v) is 5.19. The number of pyridine rings is 1. The molecule has 0 aromatic carbocycles. The normalized spacial score (nSPS) is 28.6. The molecule has 0 saturated carbocycles. The van der Waals surface area contributed by atoms with Gasteiger partial charge in [0.25, 0.3) is 0 Å². The fourth-order valence-electron chi connectivity index (χ4n) is 2.66. The van der Waals surface area contributed by atoms with Gasteiger partial charge in [0, 0.05) is 24.0 Å². The summed E-state index contributed by atoms with van der Waals surface area (Å²) < 4.78 is 0. The van der Waals surface area contributed by atoms with E-state index in [0.29, 0.717) is 0 Å². The monoisotopic (exact) mass is 234 g/mol. The van der Waals surface area contributed by atoms with Crippen LogP contribution in [0.5, 0.6) is 0 Å². The number of rotatable bonds is 3. The van der Waals surface area contributed by atoms with Crippen LogP contribution in [-0.4, -0.2) is 22.7 Å². The van der Waals surface area contributed by atoms with Crippen LogP contribution in [0.4, 0.5) is 0 Å². The molecule has 3 nitrogen and oxygen atoms in total. The van der Waals surface area contributed by atoms with Gasteiger partial charge in [0.05, 0.1) is 0 Å². The summed E-state index contributed by atoms with van der Waals surface area (Å²) in [6, 6.07) is 3.96. The first-order valence-electron chi connectivity index (χ1n) is 6.51. The molecule has 0 spiro atoms. The van der Waals surface area contributed by atoms with Gasteiger partial charge in [-0.2, -0.15) is 0 Å². The van der Waals surface area contributed by atoms with E-state index in [4.69, 9.17) is 0 Å². The molecule has 0 amide bonds. The Morgan fingerprint density at radius 2 is 2.41 bits per heavy atom. The van der Waals surface area contributed by atoms with E-state index in [9.17, 15) is 5.11 Å². The third kappa shape index (κ3) is 2.67. The lowest BCUT2D eigenvalue weighted by Crippen LogP contribution is -2.51. The van der Waals surface area contributed by atoms with Gasteiger partial charge in [0.15, 0.2) is 0 Å². The van der Waals surface area contributed by atoms with Gasteiger partial charge in [0.1, 0.15) is 5.60 Å². The number of aliphatic hydroxyl groups is 1. The lowest BCUT2D eigenvalue weighted by Gasteiger charge is -2.39. The van der Waals surface area contributed by atoms with Gasteiger partial charge in [-0.25, -0.2) is 0 Å². The molecule has 1 fully saturated rings. The Hall–Kier alpha value is -0.930. The molecule has 3 unspecified atom stereocenters. The summed E-state index contributed by atoms with van der Waals surface area (Å²) >= 11 is 0. The van der Waals surface area contributed by atoms with Gasteiger partial charge >= 0.3 is 0 Å². The Bertz CT molecular complexity index is 350. The van der Waals surface area contributed by atoms with Crippen LogP contribution in [0.25, 0.3) is 0 Å². The van der Waals surface area contributed by atoms with E-state index in [1.807, 2.05) is 19.1 Å². The SMILES string of the molecule is CCC1CCNC(C(C)(O)c2cccnc2)C1. The first kappa shape index (κ1) is 12.5. The summed E-state index contributed by atoms with van der Waals surface area (Å²) in [5.74, 6) is 0.726. The molecule has 1 aliphatic heterocycles. The first-order valence-corrected chi connectivity index (χ1v) is 6.51. The van der Waals surface area contributed by atoms with Crippen molar-refractivity contribution < 1.29 is 5.11 Å². The lowest BCUT2D eigenvalue weighted by atomic mass is 9.79. The molecule has 2 heterocycles. The molecule has 1 aromatic heterocycles. The zero-order valence-corrected chi connectivity index (χ0v) is 10.7. The van der Waals surface area contributed by atoms with Crippen LogP contribution in [0.2, 0.25) is 0 Å². The molecule has 0 radical (unpaired) electrons. The van der Waals surface area contributed by atoms with Crippen LogP contribution >= 0.6 is 0 Å². The number of hydrogen-bond acceptors (Lipinski definition) is 3. The Morgan fingerprint density at radius 3 is 3.06 bits per heavy atom. The molecule has 0 bridgehead atoms. The van der Waals surface area contributed by atoms with Crippen molar-refractivity contribution in [1.29, 1.82) is 0 Å². The van der Waals surface area contributed by atoms with Crippen LogP contribution in [-0.2, 0) is 5.60 Å².